The van der Waals surface area contributed by atoms with E-state index in [1.807, 2.05) is 0 Å². The molecule has 3 heterocycles. The van der Waals surface area contributed by atoms with E-state index in [4.69, 9.17) is 19.3 Å². The Morgan fingerprint density at radius 3 is 2.82 bits per heavy atom. The number of hydrogen-bond donors (Lipinski definition) is 2. The predicted molar refractivity (Wildman–Crippen MR) is 89.6 cm³/mol. The Kier molecular flexibility index (Phi) is 4.47. The Morgan fingerprint density at radius 2 is 2.11 bits per heavy atom. The van der Waals surface area contributed by atoms with E-state index in [-0.39, 0.29) is 18.2 Å². The summed E-state index contributed by atoms with van der Waals surface area (Å²) in [6.45, 7) is -0.525. The summed E-state index contributed by atoms with van der Waals surface area (Å²) in [5.41, 5.74) is -0.779. The second-order valence-corrected chi connectivity index (χ2v) is 6.28. The average Bonchev–Trinajstić information content (AvgIpc) is 3.24. The summed E-state index contributed by atoms with van der Waals surface area (Å²) < 4.78 is 44.1. The van der Waals surface area contributed by atoms with E-state index in [0.29, 0.717) is 16.1 Å². The van der Waals surface area contributed by atoms with Crippen molar-refractivity contribution in [1.82, 2.24) is 9.55 Å². The van der Waals surface area contributed by atoms with Crippen molar-refractivity contribution in [3.63, 3.8) is 0 Å². The fourth-order valence-corrected chi connectivity index (χ4v) is 3.00. The van der Waals surface area contributed by atoms with Gasteiger partial charge in [0.05, 0.1) is 12.7 Å². The highest BCUT2D eigenvalue weighted by molar-refractivity contribution is 6.04. The van der Waals surface area contributed by atoms with Gasteiger partial charge in [0.25, 0.3) is 11.8 Å². The number of rotatable bonds is 4. The molecular formula is C17H15F2N3O6. The molecule has 9 nitrogen and oxygen atoms in total. The van der Waals surface area contributed by atoms with Crippen LogP contribution in [0.4, 0.5) is 14.6 Å². The zero-order valence-corrected chi connectivity index (χ0v) is 14.3. The van der Waals surface area contributed by atoms with Crippen LogP contribution in [0.3, 0.4) is 0 Å². The minimum atomic E-state index is -3.34. The highest BCUT2D eigenvalue weighted by atomic mass is 19.3. The van der Waals surface area contributed by atoms with E-state index >= 15 is 0 Å². The Labute approximate surface area is 156 Å². The molecule has 4 rings (SSSR count). The van der Waals surface area contributed by atoms with Gasteiger partial charge in [-0.3, -0.25) is 9.36 Å². The van der Waals surface area contributed by atoms with Crippen molar-refractivity contribution >= 4 is 11.7 Å². The third-order valence-corrected chi connectivity index (χ3v) is 4.35. The molecule has 28 heavy (non-hydrogen) atoms. The van der Waals surface area contributed by atoms with Crippen molar-refractivity contribution in [2.45, 2.75) is 24.7 Å². The number of aliphatic hydroxyl groups excluding tert-OH is 1. The van der Waals surface area contributed by atoms with Gasteiger partial charge >= 0.3 is 5.69 Å². The lowest BCUT2D eigenvalue weighted by atomic mass is 10.2. The third-order valence-electron chi connectivity index (χ3n) is 4.35. The van der Waals surface area contributed by atoms with Gasteiger partial charge in [-0.25, -0.2) is 13.6 Å². The topological polar surface area (TPSA) is 112 Å². The van der Waals surface area contributed by atoms with Gasteiger partial charge in [-0.15, -0.1) is 0 Å². The highest BCUT2D eigenvalue weighted by Crippen LogP contribution is 2.41. The smallest absolute Gasteiger partial charge is 0.351 e. The van der Waals surface area contributed by atoms with Crippen LogP contribution in [-0.2, 0) is 4.74 Å². The maximum absolute atomic E-state index is 14.0. The number of amides is 1. The van der Waals surface area contributed by atoms with Crippen LogP contribution in [0.5, 0.6) is 11.5 Å². The molecule has 11 heteroatoms. The summed E-state index contributed by atoms with van der Waals surface area (Å²) in [5, 5.41) is 11.4. The van der Waals surface area contributed by atoms with Gasteiger partial charge in [0, 0.05) is 18.2 Å². The zero-order valence-electron chi connectivity index (χ0n) is 14.3. The number of anilines is 1. The number of ether oxygens (including phenoxy) is 3. The maximum atomic E-state index is 14.0. The number of fused-ring (bicyclic) bond motifs is 1. The van der Waals surface area contributed by atoms with Crippen molar-refractivity contribution in [1.29, 1.82) is 0 Å². The molecule has 2 aliphatic heterocycles. The normalized spacial score (nSPS) is 22.2. The summed E-state index contributed by atoms with van der Waals surface area (Å²) >= 11 is 0. The Hall–Kier alpha value is -3.05. The molecule has 0 bridgehead atoms. The van der Waals surface area contributed by atoms with E-state index in [0.717, 1.165) is 6.20 Å². The number of carbonyl (C=O) groups is 1. The molecule has 0 spiro atoms. The van der Waals surface area contributed by atoms with E-state index in [1.54, 1.807) is 6.07 Å². The second-order valence-electron chi connectivity index (χ2n) is 6.28. The van der Waals surface area contributed by atoms with E-state index in [9.17, 15) is 18.4 Å². The third kappa shape index (κ3) is 3.29. The summed E-state index contributed by atoms with van der Waals surface area (Å²) in [6.07, 6.45) is -2.59. The molecule has 2 N–H and O–H groups in total. The van der Waals surface area contributed by atoms with Gasteiger partial charge in [0.1, 0.15) is 5.82 Å². The molecule has 1 aromatic heterocycles. The molecule has 148 valence electrons. The SMILES string of the molecule is O=C(Nc1ccn(C2OC(CO)CC2(F)F)c(=O)n1)c1ccc2c(c1)OCO2. The van der Waals surface area contributed by atoms with E-state index in [2.05, 4.69) is 10.3 Å². The molecule has 2 aromatic rings. The number of halogens is 2. The number of nitrogens with one attached hydrogen (secondary N) is 1. The fourth-order valence-electron chi connectivity index (χ4n) is 3.00. The van der Waals surface area contributed by atoms with Gasteiger partial charge in [-0.1, -0.05) is 0 Å². The van der Waals surface area contributed by atoms with Crippen molar-refractivity contribution in [2.24, 2.45) is 0 Å². The first-order valence-electron chi connectivity index (χ1n) is 8.32. The van der Waals surface area contributed by atoms with Crippen LogP contribution < -0.4 is 20.5 Å². The minimum absolute atomic E-state index is 0.0607. The lowest BCUT2D eigenvalue weighted by Crippen LogP contribution is -2.35. The highest BCUT2D eigenvalue weighted by Gasteiger charge is 2.51. The molecule has 2 unspecified atom stereocenters. The van der Waals surface area contributed by atoms with Gasteiger partial charge in [-0.2, -0.15) is 4.98 Å². The standard InChI is InChI=1S/C17H15F2N3O6/c18-17(19)6-10(7-23)28-15(17)22-4-3-13(21-16(22)25)20-14(24)9-1-2-11-12(5-9)27-8-26-11/h1-5,10,15,23H,6-8H2,(H,20,21,24,25). The number of carbonyl (C=O) groups excluding carboxylic acids is 1. The van der Waals surface area contributed by atoms with Crippen molar-refractivity contribution < 1.29 is 32.9 Å². The molecule has 1 amide bonds. The number of benzene rings is 1. The largest absolute Gasteiger partial charge is 0.454 e. The number of nitrogens with zero attached hydrogens (tertiary/aromatic N) is 2. The van der Waals surface area contributed by atoms with Gasteiger partial charge in [0.15, 0.2) is 11.5 Å². The monoisotopic (exact) mass is 395 g/mol. The second kappa shape index (κ2) is 6.84. The number of alkyl halides is 2. The molecular weight excluding hydrogens is 380 g/mol. The maximum Gasteiger partial charge on any atom is 0.351 e. The number of aromatic nitrogens is 2. The number of aliphatic hydroxyl groups is 1. The minimum Gasteiger partial charge on any atom is -0.454 e. The van der Waals surface area contributed by atoms with Crippen molar-refractivity contribution in [3.05, 3.63) is 46.5 Å². The summed E-state index contributed by atoms with van der Waals surface area (Å²) in [5.74, 6) is -3.09. The van der Waals surface area contributed by atoms with Crippen molar-refractivity contribution in [3.8, 4) is 11.5 Å². The first-order valence-corrected chi connectivity index (χ1v) is 8.32. The van der Waals surface area contributed by atoms with Gasteiger partial charge in [-0.05, 0) is 24.3 Å². The zero-order chi connectivity index (χ0) is 19.9. The van der Waals surface area contributed by atoms with Crippen LogP contribution >= 0.6 is 0 Å². The lowest BCUT2D eigenvalue weighted by molar-refractivity contribution is -0.120. The van der Waals surface area contributed by atoms with Crippen LogP contribution in [0, 0.1) is 0 Å². The molecule has 0 radical (unpaired) electrons. The molecule has 0 aliphatic carbocycles. The van der Waals surface area contributed by atoms with Crippen LogP contribution in [0.15, 0.2) is 35.3 Å². The number of hydrogen-bond acceptors (Lipinski definition) is 7. The molecule has 1 fully saturated rings. The molecule has 0 saturated carbocycles. The summed E-state index contributed by atoms with van der Waals surface area (Å²) in [6, 6.07) is 5.75. The molecule has 1 saturated heterocycles. The van der Waals surface area contributed by atoms with Crippen LogP contribution in [0.1, 0.15) is 23.0 Å². The molecule has 2 atom stereocenters. The first-order chi connectivity index (χ1) is 13.4. The van der Waals surface area contributed by atoms with E-state index < -0.39 is 42.9 Å². The quantitative estimate of drug-likeness (QED) is 0.798. The predicted octanol–water partition coefficient (Wildman–Crippen LogP) is 1.14. The van der Waals surface area contributed by atoms with Gasteiger partial charge < -0.3 is 24.6 Å². The Morgan fingerprint density at radius 1 is 1.32 bits per heavy atom. The summed E-state index contributed by atoms with van der Waals surface area (Å²) in [4.78, 5) is 28.1. The fraction of sp³-hybridized carbons (Fsp3) is 0.353. The molecule has 1 aromatic carbocycles. The van der Waals surface area contributed by atoms with Crippen molar-refractivity contribution in [2.75, 3.05) is 18.7 Å². The van der Waals surface area contributed by atoms with Gasteiger partial charge in [0.2, 0.25) is 13.0 Å². The Bertz CT molecular complexity index is 980. The first kappa shape index (κ1) is 18.3. The van der Waals surface area contributed by atoms with Crippen LogP contribution in [0.25, 0.3) is 0 Å². The van der Waals surface area contributed by atoms with Crippen LogP contribution in [-0.4, -0.2) is 46.0 Å². The Balaban J connectivity index is 1.52. The average molecular weight is 395 g/mol. The van der Waals surface area contributed by atoms with Crippen LogP contribution in [0.2, 0.25) is 0 Å². The summed E-state index contributed by atoms with van der Waals surface area (Å²) in [7, 11) is 0. The molecule has 2 aliphatic rings. The van der Waals surface area contributed by atoms with E-state index in [1.165, 1.54) is 18.2 Å². The lowest BCUT2D eigenvalue weighted by Gasteiger charge is -2.19.